The van der Waals surface area contributed by atoms with Crippen LogP contribution >= 0.6 is 0 Å². The lowest BCUT2D eigenvalue weighted by Gasteiger charge is -2.33. The lowest BCUT2D eigenvalue weighted by molar-refractivity contribution is -0.139. The average Bonchev–Trinajstić information content (AvgIpc) is 2.86. The van der Waals surface area contributed by atoms with E-state index >= 15 is 0 Å². The number of para-hydroxylation sites is 1. The Morgan fingerprint density at radius 1 is 0.943 bits per heavy atom. The molecule has 1 fully saturated rings. The molecule has 0 aliphatic heterocycles. The van der Waals surface area contributed by atoms with E-state index in [1.165, 1.54) is 25.4 Å². The largest absolute Gasteiger partial charge is 0.352 e. The number of anilines is 1. The highest BCUT2D eigenvalue weighted by Gasteiger charge is 2.33. The van der Waals surface area contributed by atoms with E-state index in [-0.39, 0.29) is 18.5 Å². The van der Waals surface area contributed by atoms with Crippen LogP contribution < -0.4 is 9.62 Å². The van der Waals surface area contributed by atoms with Gasteiger partial charge in [0.2, 0.25) is 11.8 Å². The van der Waals surface area contributed by atoms with Crippen molar-refractivity contribution in [2.75, 3.05) is 24.9 Å². The highest BCUT2D eigenvalue weighted by molar-refractivity contribution is 7.90. The topological polar surface area (TPSA) is 90.0 Å². The summed E-state index contributed by atoms with van der Waals surface area (Å²) in [6.45, 7) is 1.48. The summed E-state index contributed by atoms with van der Waals surface area (Å²) in [6.07, 6.45) is 5.22. The number of nitrogens with one attached hydrogen (secondary N) is 1. The summed E-state index contributed by atoms with van der Waals surface area (Å²) < 4.78 is 28.4. The Morgan fingerprint density at radius 3 is 2.09 bits per heavy atom. The van der Waals surface area contributed by atoms with E-state index in [0.717, 1.165) is 39.9 Å². The van der Waals surface area contributed by atoms with E-state index in [9.17, 15) is 18.0 Å². The van der Waals surface area contributed by atoms with E-state index in [4.69, 9.17) is 0 Å². The van der Waals surface area contributed by atoms with Gasteiger partial charge < -0.3 is 10.2 Å². The highest BCUT2D eigenvalue weighted by atomic mass is 32.2. The molecular weight excluding hydrogens is 464 g/mol. The molecule has 1 saturated carbocycles. The summed E-state index contributed by atoms with van der Waals surface area (Å²) in [5.74, 6) is -0.669. The first-order valence-corrected chi connectivity index (χ1v) is 13.5. The van der Waals surface area contributed by atoms with Crippen molar-refractivity contribution in [2.45, 2.75) is 57.7 Å². The minimum absolute atomic E-state index is 0.113. The third kappa shape index (κ3) is 7.05. The lowest BCUT2D eigenvalue weighted by atomic mass is 9.95. The Bertz CT molecular complexity index is 1070. The zero-order chi connectivity index (χ0) is 25.4. The Balaban J connectivity index is 1.87. The Morgan fingerprint density at radius 2 is 1.51 bits per heavy atom. The predicted molar refractivity (Wildman–Crippen MR) is 138 cm³/mol. The monoisotopic (exact) mass is 500 g/mol. The van der Waals surface area contributed by atoms with Crippen LogP contribution in [0.3, 0.4) is 0 Å². The third-order valence-corrected chi connectivity index (χ3v) is 8.20. The van der Waals surface area contributed by atoms with Crippen molar-refractivity contribution in [3.63, 3.8) is 0 Å². The second kappa shape index (κ2) is 12.2. The van der Waals surface area contributed by atoms with E-state index < -0.39 is 28.7 Å². The average molecular weight is 501 g/mol. The second-order valence-electron chi connectivity index (χ2n) is 9.16. The van der Waals surface area contributed by atoms with Crippen LogP contribution in [0.1, 0.15) is 44.6 Å². The maximum Gasteiger partial charge on any atom is 0.304 e. The van der Waals surface area contributed by atoms with Crippen LogP contribution in [0.2, 0.25) is 0 Å². The molecule has 0 saturated heterocycles. The van der Waals surface area contributed by atoms with Crippen LogP contribution in [0, 0.1) is 0 Å². The molecule has 0 unspecified atom stereocenters. The number of carbonyl (C=O) groups excluding carboxylic acids is 2. The van der Waals surface area contributed by atoms with E-state index in [1.54, 1.807) is 37.3 Å². The number of hydrogen-bond acceptors (Lipinski definition) is 4. The van der Waals surface area contributed by atoms with Crippen LogP contribution in [0.25, 0.3) is 0 Å². The molecule has 8 nitrogen and oxygen atoms in total. The first kappa shape index (κ1) is 26.7. The van der Waals surface area contributed by atoms with Gasteiger partial charge in [0.1, 0.15) is 12.6 Å². The Hall–Kier alpha value is -2.91. The van der Waals surface area contributed by atoms with Crippen LogP contribution in [0.15, 0.2) is 60.7 Å². The molecule has 1 aliphatic carbocycles. The summed E-state index contributed by atoms with van der Waals surface area (Å²) in [5.41, 5.74) is 1.24. The van der Waals surface area contributed by atoms with Crippen LogP contribution in [-0.4, -0.2) is 62.2 Å². The van der Waals surface area contributed by atoms with Gasteiger partial charge in [-0.1, -0.05) is 67.8 Å². The van der Waals surface area contributed by atoms with Gasteiger partial charge in [0.15, 0.2) is 0 Å². The van der Waals surface area contributed by atoms with E-state index in [0.29, 0.717) is 5.69 Å². The van der Waals surface area contributed by atoms with Crippen molar-refractivity contribution in [1.29, 1.82) is 0 Å². The zero-order valence-corrected chi connectivity index (χ0v) is 21.6. The molecule has 2 aromatic carbocycles. The van der Waals surface area contributed by atoms with Gasteiger partial charge in [-0.15, -0.1) is 0 Å². The fraction of sp³-hybridized carbons (Fsp3) is 0.462. The number of carbonyl (C=O) groups is 2. The fourth-order valence-electron chi connectivity index (χ4n) is 4.24. The van der Waals surface area contributed by atoms with Crippen molar-refractivity contribution in [3.05, 3.63) is 66.2 Å². The molecule has 2 aromatic rings. The van der Waals surface area contributed by atoms with Gasteiger partial charge in [-0.05, 0) is 37.5 Å². The molecule has 1 atom stereocenters. The van der Waals surface area contributed by atoms with Crippen molar-refractivity contribution in [3.8, 4) is 0 Å². The van der Waals surface area contributed by atoms with Crippen molar-refractivity contribution in [2.24, 2.45) is 0 Å². The quantitative estimate of drug-likeness (QED) is 0.543. The van der Waals surface area contributed by atoms with Crippen LogP contribution in [0.4, 0.5) is 5.69 Å². The summed E-state index contributed by atoms with van der Waals surface area (Å²) in [7, 11) is -1.09. The standard InChI is InChI=1S/C26H36N4O4S/c1-21(26(32)27-23-15-9-5-10-16-23)29(19-22-13-7-4-8-14-22)25(31)20-30(35(33,34)28(2)3)24-17-11-6-12-18-24/h4,6-8,11-14,17-18,21,23H,5,9-10,15-16,19-20H2,1-3H3,(H,27,32)/t21-/m1/s1. The first-order chi connectivity index (χ1) is 16.7. The van der Waals surface area contributed by atoms with Gasteiger partial charge in [0.25, 0.3) is 0 Å². The van der Waals surface area contributed by atoms with Gasteiger partial charge in [0, 0.05) is 26.7 Å². The van der Waals surface area contributed by atoms with Gasteiger partial charge in [0.05, 0.1) is 5.69 Å². The van der Waals surface area contributed by atoms with Crippen molar-refractivity contribution in [1.82, 2.24) is 14.5 Å². The maximum absolute atomic E-state index is 13.7. The number of nitrogens with zero attached hydrogens (tertiary/aromatic N) is 3. The summed E-state index contributed by atoms with van der Waals surface area (Å²) in [6, 6.07) is 17.3. The fourth-order valence-corrected chi connectivity index (χ4v) is 5.30. The van der Waals surface area contributed by atoms with E-state index in [1.807, 2.05) is 30.3 Å². The molecule has 1 N–H and O–H groups in total. The molecule has 0 bridgehead atoms. The van der Waals surface area contributed by atoms with Crippen LogP contribution in [0.5, 0.6) is 0 Å². The Labute approximate surface area is 209 Å². The molecule has 3 rings (SSSR count). The number of rotatable bonds is 10. The van der Waals surface area contributed by atoms with Gasteiger partial charge in [-0.3, -0.25) is 9.59 Å². The summed E-state index contributed by atoms with van der Waals surface area (Å²) in [5, 5.41) is 3.10. The van der Waals surface area contributed by atoms with Gasteiger partial charge >= 0.3 is 10.2 Å². The zero-order valence-electron chi connectivity index (χ0n) is 20.8. The molecule has 0 aromatic heterocycles. The molecule has 0 heterocycles. The van der Waals surface area contributed by atoms with Gasteiger partial charge in [-0.25, -0.2) is 4.31 Å². The number of amides is 2. The molecule has 0 radical (unpaired) electrons. The molecule has 0 spiro atoms. The minimum Gasteiger partial charge on any atom is -0.352 e. The SMILES string of the molecule is C[C@H](C(=O)NC1CCCCC1)N(Cc1ccccc1)C(=O)CN(c1ccccc1)S(=O)(=O)N(C)C. The minimum atomic E-state index is -3.94. The molecule has 35 heavy (non-hydrogen) atoms. The highest BCUT2D eigenvalue weighted by Crippen LogP contribution is 2.21. The Kier molecular flexibility index (Phi) is 9.28. The third-order valence-electron chi connectivity index (χ3n) is 6.38. The smallest absolute Gasteiger partial charge is 0.304 e. The number of hydrogen-bond donors (Lipinski definition) is 1. The van der Waals surface area contributed by atoms with Crippen molar-refractivity contribution >= 4 is 27.7 Å². The molecular formula is C26H36N4O4S. The molecule has 1 aliphatic rings. The molecule has 190 valence electrons. The summed E-state index contributed by atoms with van der Waals surface area (Å²) in [4.78, 5) is 28.3. The first-order valence-electron chi connectivity index (χ1n) is 12.1. The van der Waals surface area contributed by atoms with E-state index in [2.05, 4.69) is 5.32 Å². The maximum atomic E-state index is 13.7. The van der Waals surface area contributed by atoms with Gasteiger partial charge in [-0.2, -0.15) is 12.7 Å². The summed E-state index contributed by atoms with van der Waals surface area (Å²) >= 11 is 0. The predicted octanol–water partition coefficient (Wildman–Crippen LogP) is 3.17. The van der Waals surface area contributed by atoms with Crippen LogP contribution in [-0.2, 0) is 26.3 Å². The second-order valence-corrected chi connectivity index (χ2v) is 11.2. The normalized spacial score (nSPS) is 15.4. The number of benzene rings is 2. The molecule has 9 heteroatoms. The van der Waals surface area contributed by atoms with Crippen molar-refractivity contribution < 1.29 is 18.0 Å². The molecule has 2 amide bonds. The lowest BCUT2D eigenvalue weighted by Crippen LogP contribution is -2.53.